The number of rotatable bonds is 5. The first-order valence-electron chi connectivity index (χ1n) is 8.52. The van der Waals surface area contributed by atoms with Crippen LogP contribution < -0.4 is 4.74 Å². The van der Waals surface area contributed by atoms with E-state index in [2.05, 4.69) is 0 Å². The van der Waals surface area contributed by atoms with E-state index in [1.54, 1.807) is 48.4 Å². The van der Waals surface area contributed by atoms with Gasteiger partial charge in [0, 0.05) is 31.7 Å². The highest BCUT2D eigenvalue weighted by molar-refractivity contribution is 5.97. The molecule has 5 nitrogen and oxygen atoms in total. The molecule has 136 valence electrons. The Labute approximate surface area is 152 Å². The van der Waals surface area contributed by atoms with E-state index in [0.717, 1.165) is 0 Å². The third kappa shape index (κ3) is 4.08. The second-order valence-corrected chi connectivity index (χ2v) is 6.20. The lowest BCUT2D eigenvalue weighted by molar-refractivity contribution is 0.0620. The maximum Gasteiger partial charge on any atom is 0.256 e. The van der Waals surface area contributed by atoms with E-state index in [4.69, 9.17) is 4.74 Å². The highest BCUT2D eigenvalue weighted by Crippen LogP contribution is 2.14. The summed E-state index contributed by atoms with van der Waals surface area (Å²) in [6.07, 6.45) is 0. The van der Waals surface area contributed by atoms with Crippen LogP contribution in [0.1, 0.15) is 20.7 Å². The van der Waals surface area contributed by atoms with Crippen molar-refractivity contribution in [3.8, 4) is 5.75 Å². The highest BCUT2D eigenvalue weighted by atomic mass is 19.1. The minimum absolute atomic E-state index is 0.0292. The Morgan fingerprint density at radius 3 is 2.27 bits per heavy atom. The molecule has 0 spiro atoms. The van der Waals surface area contributed by atoms with Crippen molar-refractivity contribution < 1.29 is 18.7 Å². The number of Topliss-reactive ketones (excluding diaryl/α,β-unsaturated/α-hetero) is 1. The van der Waals surface area contributed by atoms with Gasteiger partial charge < -0.3 is 9.64 Å². The van der Waals surface area contributed by atoms with Crippen LogP contribution in [-0.4, -0.2) is 61.3 Å². The molecule has 1 aliphatic heterocycles. The molecule has 1 fully saturated rings. The van der Waals surface area contributed by atoms with Crippen molar-refractivity contribution >= 4 is 11.7 Å². The number of carbonyl (C=O) groups is 2. The largest absolute Gasteiger partial charge is 0.497 e. The molecular formula is C20H21FN2O3. The second kappa shape index (κ2) is 8.10. The summed E-state index contributed by atoms with van der Waals surface area (Å²) in [4.78, 5) is 28.4. The van der Waals surface area contributed by atoms with E-state index in [1.165, 1.54) is 12.1 Å². The van der Waals surface area contributed by atoms with Crippen molar-refractivity contribution in [2.45, 2.75) is 0 Å². The van der Waals surface area contributed by atoms with Gasteiger partial charge in [0.05, 0.1) is 19.2 Å². The quantitative estimate of drug-likeness (QED) is 0.773. The Balaban J connectivity index is 1.54. The van der Waals surface area contributed by atoms with Crippen molar-refractivity contribution in [3.63, 3.8) is 0 Å². The first-order chi connectivity index (χ1) is 12.6. The van der Waals surface area contributed by atoms with Crippen LogP contribution in [0.4, 0.5) is 4.39 Å². The molecular weight excluding hydrogens is 335 g/mol. The first kappa shape index (κ1) is 18.1. The van der Waals surface area contributed by atoms with Crippen molar-refractivity contribution in [1.82, 2.24) is 9.80 Å². The van der Waals surface area contributed by atoms with Gasteiger partial charge in [-0.05, 0) is 36.4 Å². The molecule has 2 aromatic rings. The number of nitrogens with zero attached hydrogens (tertiary/aromatic N) is 2. The average Bonchev–Trinajstić information content (AvgIpc) is 2.68. The van der Waals surface area contributed by atoms with Crippen LogP contribution >= 0.6 is 0 Å². The monoisotopic (exact) mass is 356 g/mol. The Morgan fingerprint density at radius 2 is 1.65 bits per heavy atom. The van der Waals surface area contributed by atoms with E-state index < -0.39 is 5.82 Å². The topological polar surface area (TPSA) is 49.9 Å². The fourth-order valence-electron chi connectivity index (χ4n) is 2.99. The number of ketones is 1. The van der Waals surface area contributed by atoms with Crippen LogP contribution in [0.15, 0.2) is 48.5 Å². The molecule has 3 rings (SSSR count). The van der Waals surface area contributed by atoms with Gasteiger partial charge in [-0.1, -0.05) is 12.1 Å². The Hall–Kier alpha value is -2.73. The van der Waals surface area contributed by atoms with Gasteiger partial charge in [-0.3, -0.25) is 14.5 Å². The molecule has 1 saturated heterocycles. The molecule has 0 aliphatic carbocycles. The molecule has 1 aliphatic rings. The predicted molar refractivity (Wildman–Crippen MR) is 96.1 cm³/mol. The number of carbonyl (C=O) groups excluding carboxylic acids is 2. The predicted octanol–water partition coefficient (Wildman–Crippen LogP) is 2.48. The van der Waals surface area contributed by atoms with E-state index in [1.807, 2.05) is 4.90 Å². The van der Waals surface area contributed by atoms with Gasteiger partial charge in [0.1, 0.15) is 11.6 Å². The molecule has 1 heterocycles. The van der Waals surface area contributed by atoms with Crippen LogP contribution in [0.3, 0.4) is 0 Å². The van der Waals surface area contributed by atoms with Crippen LogP contribution in [0.25, 0.3) is 0 Å². The molecule has 0 unspecified atom stereocenters. The minimum atomic E-state index is -0.505. The average molecular weight is 356 g/mol. The van der Waals surface area contributed by atoms with Crippen molar-refractivity contribution in [2.75, 3.05) is 39.8 Å². The van der Waals surface area contributed by atoms with Gasteiger partial charge in [-0.15, -0.1) is 0 Å². The van der Waals surface area contributed by atoms with Gasteiger partial charge in [-0.25, -0.2) is 4.39 Å². The molecule has 0 aromatic heterocycles. The van der Waals surface area contributed by atoms with Crippen LogP contribution in [0.2, 0.25) is 0 Å². The summed E-state index contributed by atoms with van der Waals surface area (Å²) >= 11 is 0. The van der Waals surface area contributed by atoms with Crippen molar-refractivity contribution in [2.24, 2.45) is 0 Å². The molecule has 6 heteroatoms. The van der Waals surface area contributed by atoms with Crippen LogP contribution in [-0.2, 0) is 0 Å². The van der Waals surface area contributed by atoms with Crippen molar-refractivity contribution in [1.29, 1.82) is 0 Å². The third-order valence-corrected chi connectivity index (χ3v) is 4.54. The van der Waals surface area contributed by atoms with Gasteiger partial charge in [0.15, 0.2) is 5.78 Å². The number of piperazine rings is 1. The summed E-state index contributed by atoms with van der Waals surface area (Å²) in [6.45, 7) is 2.42. The van der Waals surface area contributed by atoms with Crippen LogP contribution in [0.5, 0.6) is 5.75 Å². The lowest BCUT2D eigenvalue weighted by Crippen LogP contribution is -2.50. The fourth-order valence-corrected chi connectivity index (χ4v) is 2.99. The number of methoxy groups -OCH3 is 1. The number of hydrogen-bond acceptors (Lipinski definition) is 4. The Bertz CT molecular complexity index is 784. The van der Waals surface area contributed by atoms with Crippen LogP contribution in [0, 0.1) is 5.82 Å². The molecule has 0 radical (unpaired) electrons. The summed E-state index contributed by atoms with van der Waals surface area (Å²) in [5.74, 6) is -0.0674. The molecule has 1 amide bonds. The maximum absolute atomic E-state index is 13.8. The second-order valence-electron chi connectivity index (χ2n) is 6.20. The summed E-state index contributed by atoms with van der Waals surface area (Å²) in [5.41, 5.74) is 0.728. The van der Waals surface area contributed by atoms with Gasteiger partial charge in [-0.2, -0.15) is 0 Å². The fraction of sp³-hybridized carbons (Fsp3) is 0.300. The molecule has 26 heavy (non-hydrogen) atoms. The minimum Gasteiger partial charge on any atom is -0.497 e. The van der Waals surface area contributed by atoms with E-state index in [0.29, 0.717) is 44.0 Å². The van der Waals surface area contributed by atoms with Gasteiger partial charge in [0.2, 0.25) is 0 Å². The number of hydrogen-bond donors (Lipinski definition) is 0. The zero-order valence-corrected chi connectivity index (χ0v) is 14.7. The summed E-state index contributed by atoms with van der Waals surface area (Å²) in [5, 5.41) is 0. The lowest BCUT2D eigenvalue weighted by atomic mass is 10.1. The zero-order valence-electron chi connectivity index (χ0n) is 14.7. The molecule has 0 bridgehead atoms. The number of benzene rings is 2. The summed E-state index contributed by atoms with van der Waals surface area (Å²) in [6, 6.07) is 13.0. The molecule has 0 atom stereocenters. The molecule has 2 aromatic carbocycles. The first-order valence-corrected chi connectivity index (χ1v) is 8.52. The van der Waals surface area contributed by atoms with Gasteiger partial charge >= 0.3 is 0 Å². The molecule has 0 saturated carbocycles. The summed E-state index contributed by atoms with van der Waals surface area (Å²) in [7, 11) is 1.58. The molecule has 0 N–H and O–H groups in total. The Kier molecular flexibility index (Phi) is 5.63. The third-order valence-electron chi connectivity index (χ3n) is 4.54. The SMILES string of the molecule is COc1ccc(C(=O)CN2CCN(C(=O)c3ccccc3F)CC2)cc1. The normalized spacial score (nSPS) is 14.9. The summed E-state index contributed by atoms with van der Waals surface area (Å²) < 4.78 is 18.9. The smallest absolute Gasteiger partial charge is 0.256 e. The highest BCUT2D eigenvalue weighted by Gasteiger charge is 2.25. The van der Waals surface area contributed by atoms with Gasteiger partial charge in [0.25, 0.3) is 5.91 Å². The maximum atomic E-state index is 13.8. The van der Waals surface area contributed by atoms with E-state index in [9.17, 15) is 14.0 Å². The van der Waals surface area contributed by atoms with Crippen molar-refractivity contribution in [3.05, 3.63) is 65.5 Å². The lowest BCUT2D eigenvalue weighted by Gasteiger charge is -2.34. The number of ether oxygens (including phenoxy) is 1. The standard InChI is InChI=1S/C20H21FN2O3/c1-26-16-8-6-15(7-9-16)19(24)14-22-10-12-23(13-11-22)20(25)17-4-2-3-5-18(17)21/h2-9H,10-14H2,1H3. The Morgan fingerprint density at radius 1 is 1.00 bits per heavy atom. The van der Waals surface area contributed by atoms with E-state index in [-0.39, 0.29) is 17.3 Å². The number of halogens is 1. The zero-order chi connectivity index (χ0) is 18.5. The van der Waals surface area contributed by atoms with E-state index >= 15 is 0 Å². The number of amides is 1.